The molecular formula is C24H28Cl2SiTi-2. The van der Waals surface area contributed by atoms with Crippen LogP contribution in [0.25, 0.3) is 21.5 Å². The molecule has 4 heteroatoms. The van der Waals surface area contributed by atoms with Crippen molar-refractivity contribution in [2.45, 2.75) is 39.8 Å². The summed E-state index contributed by atoms with van der Waals surface area (Å²) in [6.45, 7) is 8.70. The average Bonchev–Trinajstić information content (AvgIpc) is 3.24. The van der Waals surface area contributed by atoms with Gasteiger partial charge in [0, 0.05) is 9.52 Å². The molecule has 0 fully saturated rings. The van der Waals surface area contributed by atoms with Gasteiger partial charge in [-0.3, -0.25) is 0 Å². The van der Waals surface area contributed by atoms with Crippen LogP contribution >= 0.6 is 18.6 Å². The number of halogens is 2. The standard InChI is InChI=1S/2C10H9.C4H10Si.2ClH.Ti/c2*1-8-6-9-4-2-3-5-10(9)7-8;1-3-5-4-2;;;/h2*2-7H,1H3;3-4H2,1-2H3;2*1H;/q2*-1;;;;+2/p-2. The Balaban J connectivity index is 0.000000207. The molecule has 0 heterocycles. The van der Waals surface area contributed by atoms with E-state index < -0.39 is 17.0 Å². The van der Waals surface area contributed by atoms with E-state index in [9.17, 15) is 0 Å². The zero-order valence-corrected chi connectivity index (χ0v) is 21.2. The number of hydrogen-bond donors (Lipinski definition) is 0. The first kappa shape index (κ1) is 25.2. The molecular weight excluding hydrogens is 435 g/mol. The van der Waals surface area contributed by atoms with E-state index in [1.165, 1.54) is 54.3 Å². The zero-order valence-electron chi connectivity index (χ0n) is 17.1. The number of fused-ring (bicyclic) bond motifs is 2. The van der Waals surface area contributed by atoms with Crippen LogP contribution in [0, 0.1) is 13.8 Å². The normalized spacial score (nSPS) is 9.50. The molecule has 0 aliphatic rings. The molecule has 0 nitrogen and oxygen atoms in total. The molecule has 0 atom stereocenters. The summed E-state index contributed by atoms with van der Waals surface area (Å²) >= 11 is -0.556. The van der Waals surface area contributed by atoms with Gasteiger partial charge < -0.3 is 0 Å². The van der Waals surface area contributed by atoms with Gasteiger partial charge in [0.2, 0.25) is 0 Å². The van der Waals surface area contributed by atoms with Crippen molar-refractivity contribution >= 4 is 49.7 Å². The fourth-order valence-electron chi connectivity index (χ4n) is 2.86. The molecule has 0 aliphatic heterocycles. The minimum absolute atomic E-state index is 0.556. The third-order valence-corrected chi connectivity index (χ3v) is 5.02. The number of hydrogen-bond acceptors (Lipinski definition) is 0. The molecule has 0 N–H and O–H groups in total. The second-order valence-corrected chi connectivity index (χ2v) is 10.8. The molecule has 0 spiro atoms. The van der Waals surface area contributed by atoms with Gasteiger partial charge in [-0.2, -0.15) is 12.1 Å². The Morgan fingerprint density at radius 2 is 1.11 bits per heavy atom. The Bertz CT molecular complexity index is 771. The Labute approximate surface area is 189 Å². The van der Waals surface area contributed by atoms with Crippen molar-refractivity contribution in [2.75, 3.05) is 0 Å². The van der Waals surface area contributed by atoms with Crippen molar-refractivity contribution in [1.82, 2.24) is 0 Å². The molecule has 28 heavy (non-hydrogen) atoms. The van der Waals surface area contributed by atoms with E-state index in [-0.39, 0.29) is 0 Å². The fourth-order valence-corrected chi connectivity index (χ4v) is 3.36. The van der Waals surface area contributed by atoms with Gasteiger partial charge in [-0.1, -0.05) is 51.9 Å². The van der Waals surface area contributed by atoms with Gasteiger partial charge in [0.1, 0.15) is 0 Å². The molecule has 0 aliphatic carbocycles. The predicted octanol–water partition coefficient (Wildman–Crippen LogP) is 8.68. The molecule has 148 valence electrons. The third-order valence-electron chi connectivity index (χ3n) is 4.02. The van der Waals surface area contributed by atoms with Gasteiger partial charge in [0.25, 0.3) is 0 Å². The minimum atomic E-state index is -0.556. The molecule has 0 amide bonds. The Hall–Kier alpha value is -0.829. The second kappa shape index (κ2) is 15.1. The van der Waals surface area contributed by atoms with Gasteiger partial charge >= 0.3 is 35.6 Å². The molecule has 0 bridgehead atoms. The van der Waals surface area contributed by atoms with Crippen LogP contribution in [0.5, 0.6) is 0 Å². The Morgan fingerprint density at radius 3 is 1.39 bits per heavy atom. The van der Waals surface area contributed by atoms with Crippen molar-refractivity contribution in [3.8, 4) is 0 Å². The van der Waals surface area contributed by atoms with Crippen LogP contribution < -0.4 is 0 Å². The van der Waals surface area contributed by atoms with E-state index in [1.54, 1.807) is 0 Å². The fraction of sp³-hybridized carbons (Fsp3) is 0.250. The average molecular weight is 463 g/mol. The van der Waals surface area contributed by atoms with Crippen molar-refractivity contribution < 1.29 is 17.0 Å². The molecule has 0 saturated heterocycles. The summed E-state index contributed by atoms with van der Waals surface area (Å²) in [5.41, 5.74) is 2.70. The van der Waals surface area contributed by atoms with Gasteiger partial charge in [-0.25, -0.2) is 0 Å². The first-order valence-corrected chi connectivity index (χ1v) is 15.2. The maximum atomic E-state index is 4.89. The number of benzene rings is 2. The van der Waals surface area contributed by atoms with Crippen molar-refractivity contribution in [2.24, 2.45) is 0 Å². The topological polar surface area (TPSA) is 0 Å². The van der Waals surface area contributed by atoms with Crippen LogP contribution in [0.3, 0.4) is 0 Å². The summed E-state index contributed by atoms with van der Waals surface area (Å²) in [7, 11) is 11.0. The number of aryl methyl sites for hydroxylation is 2. The van der Waals surface area contributed by atoms with E-state index in [0.717, 1.165) is 0 Å². The SMILES string of the molecule is CC[Si]CC.Cc1cc2ccccc2[cH-]1.Cc1cc2ccccc2[cH-]1.[Cl][Ti][Cl]. The van der Waals surface area contributed by atoms with E-state index in [4.69, 9.17) is 18.6 Å². The van der Waals surface area contributed by atoms with Gasteiger partial charge in [-0.15, -0.1) is 81.2 Å². The quantitative estimate of drug-likeness (QED) is 0.206. The van der Waals surface area contributed by atoms with Crippen LogP contribution in [-0.2, 0) is 17.0 Å². The van der Waals surface area contributed by atoms with Crippen molar-refractivity contribution in [1.29, 1.82) is 0 Å². The maximum absolute atomic E-state index is 4.89. The Morgan fingerprint density at radius 1 is 0.750 bits per heavy atom. The Kier molecular flexibility index (Phi) is 13.6. The summed E-state index contributed by atoms with van der Waals surface area (Å²) in [5.74, 6) is 0. The molecule has 0 aromatic heterocycles. The van der Waals surface area contributed by atoms with Crippen LogP contribution in [0.1, 0.15) is 25.0 Å². The third kappa shape index (κ3) is 9.58. The van der Waals surface area contributed by atoms with E-state index in [1.807, 2.05) is 0 Å². The monoisotopic (exact) mass is 462 g/mol. The van der Waals surface area contributed by atoms with Crippen LogP contribution in [0.4, 0.5) is 0 Å². The molecule has 2 radical (unpaired) electrons. The molecule has 0 unspecified atom stereocenters. The van der Waals surface area contributed by atoms with Gasteiger partial charge in [0.15, 0.2) is 0 Å². The van der Waals surface area contributed by atoms with Gasteiger partial charge in [0.05, 0.1) is 0 Å². The first-order valence-electron chi connectivity index (χ1n) is 9.46. The molecule has 4 rings (SSSR count). The van der Waals surface area contributed by atoms with E-state index in [2.05, 4.69) is 100 Å². The van der Waals surface area contributed by atoms with Crippen LogP contribution in [-0.4, -0.2) is 9.52 Å². The summed E-state index contributed by atoms with van der Waals surface area (Å²) in [6, 6.07) is 28.4. The van der Waals surface area contributed by atoms with E-state index in [0.29, 0.717) is 0 Å². The van der Waals surface area contributed by atoms with Crippen LogP contribution in [0.2, 0.25) is 12.1 Å². The summed E-state index contributed by atoms with van der Waals surface area (Å²) in [4.78, 5) is 0. The first-order chi connectivity index (χ1) is 13.5. The summed E-state index contributed by atoms with van der Waals surface area (Å²) < 4.78 is 0. The predicted molar refractivity (Wildman–Crippen MR) is 127 cm³/mol. The molecule has 4 aromatic rings. The number of rotatable bonds is 2. The molecule has 4 aromatic carbocycles. The second-order valence-electron chi connectivity index (χ2n) is 6.35. The van der Waals surface area contributed by atoms with Gasteiger partial charge in [-0.05, 0) is 0 Å². The van der Waals surface area contributed by atoms with E-state index >= 15 is 0 Å². The van der Waals surface area contributed by atoms with Crippen molar-refractivity contribution in [3.63, 3.8) is 0 Å². The summed E-state index contributed by atoms with van der Waals surface area (Å²) in [5, 5.41) is 5.39. The van der Waals surface area contributed by atoms with Crippen molar-refractivity contribution in [3.05, 3.63) is 83.9 Å². The zero-order chi connectivity index (χ0) is 20.8. The summed E-state index contributed by atoms with van der Waals surface area (Å²) in [6.07, 6.45) is 0. The molecule has 0 saturated carbocycles. The van der Waals surface area contributed by atoms with Crippen LogP contribution in [0.15, 0.2) is 72.8 Å².